The van der Waals surface area contributed by atoms with Crippen LogP contribution in [-0.4, -0.2) is 43.0 Å². The summed E-state index contributed by atoms with van der Waals surface area (Å²) < 4.78 is 30.6. The lowest BCUT2D eigenvalue weighted by Gasteiger charge is -2.27. The molecule has 1 fully saturated rings. The summed E-state index contributed by atoms with van der Waals surface area (Å²) in [4.78, 5) is 0.468. The van der Waals surface area contributed by atoms with E-state index in [4.69, 9.17) is 0 Å². The van der Waals surface area contributed by atoms with Crippen molar-refractivity contribution in [2.24, 2.45) is 7.05 Å². The van der Waals surface area contributed by atoms with Crippen LogP contribution in [0.1, 0.15) is 25.5 Å². The van der Waals surface area contributed by atoms with E-state index in [1.807, 2.05) is 49.7 Å². The van der Waals surface area contributed by atoms with Crippen LogP contribution in [0.3, 0.4) is 0 Å². The normalized spacial score (nSPS) is 19.0. The van der Waals surface area contributed by atoms with Crippen molar-refractivity contribution >= 4 is 20.9 Å². The van der Waals surface area contributed by atoms with Gasteiger partial charge >= 0.3 is 0 Å². The summed E-state index contributed by atoms with van der Waals surface area (Å²) in [6.07, 6.45) is 1.70. The highest BCUT2D eigenvalue weighted by molar-refractivity contribution is 7.89. The first kappa shape index (κ1) is 16.5. The number of rotatable bonds is 5. The Morgan fingerprint density at radius 2 is 2.09 bits per heavy atom. The minimum absolute atomic E-state index is 0.0540. The van der Waals surface area contributed by atoms with Gasteiger partial charge in [-0.3, -0.25) is 0 Å². The van der Waals surface area contributed by atoms with Crippen molar-refractivity contribution in [2.45, 2.75) is 37.6 Å². The molecule has 0 radical (unpaired) electrons. The first-order chi connectivity index (χ1) is 11.0. The molecule has 1 saturated heterocycles. The zero-order valence-corrected chi connectivity index (χ0v) is 14.9. The zero-order valence-electron chi connectivity index (χ0n) is 14.0. The quantitative estimate of drug-likeness (QED) is 0.912. The van der Waals surface area contributed by atoms with Crippen molar-refractivity contribution in [1.29, 1.82) is 0 Å². The van der Waals surface area contributed by atoms with Gasteiger partial charge in [-0.2, -0.15) is 4.31 Å². The highest BCUT2D eigenvalue weighted by Crippen LogP contribution is 2.32. The Morgan fingerprint density at radius 1 is 1.35 bits per heavy atom. The van der Waals surface area contributed by atoms with E-state index in [9.17, 15) is 8.42 Å². The maximum Gasteiger partial charge on any atom is 0.245 e. The van der Waals surface area contributed by atoms with Gasteiger partial charge < -0.3 is 9.88 Å². The molecule has 0 spiro atoms. The molecule has 126 valence electrons. The third-order valence-corrected chi connectivity index (χ3v) is 6.92. The summed E-state index contributed by atoms with van der Waals surface area (Å²) in [6.45, 7) is 6.11. The maximum atomic E-state index is 13.4. The molecule has 0 bridgehead atoms. The second kappa shape index (κ2) is 6.26. The number of sulfonamides is 1. The molecule has 6 heteroatoms. The summed E-state index contributed by atoms with van der Waals surface area (Å²) in [5, 5.41) is 4.10. The Morgan fingerprint density at radius 3 is 2.74 bits per heavy atom. The van der Waals surface area contributed by atoms with E-state index < -0.39 is 10.0 Å². The minimum atomic E-state index is -3.51. The fraction of sp³-hybridized carbons (Fsp3) is 0.529. The van der Waals surface area contributed by atoms with Crippen LogP contribution >= 0.6 is 0 Å². The topological polar surface area (TPSA) is 54.3 Å². The molecule has 1 atom stereocenters. The van der Waals surface area contributed by atoms with Crippen LogP contribution in [0, 0.1) is 6.92 Å². The lowest BCUT2D eigenvalue weighted by Crippen LogP contribution is -2.42. The van der Waals surface area contributed by atoms with Crippen LogP contribution < -0.4 is 5.32 Å². The molecule has 5 nitrogen and oxygen atoms in total. The zero-order chi connectivity index (χ0) is 16.6. The number of nitrogens with zero attached hydrogens (tertiary/aromatic N) is 2. The monoisotopic (exact) mass is 335 g/mol. The number of aromatic nitrogens is 1. The predicted octanol–water partition coefficient (Wildman–Crippen LogP) is 2.25. The van der Waals surface area contributed by atoms with Crippen LogP contribution in [0.2, 0.25) is 0 Å². The van der Waals surface area contributed by atoms with Gasteiger partial charge in [0.2, 0.25) is 10.0 Å². The summed E-state index contributed by atoms with van der Waals surface area (Å²) >= 11 is 0. The van der Waals surface area contributed by atoms with E-state index in [-0.39, 0.29) is 6.04 Å². The van der Waals surface area contributed by atoms with Crippen molar-refractivity contribution in [2.75, 3.05) is 19.6 Å². The number of aryl methyl sites for hydroxylation is 1. The Bertz CT molecular complexity index is 805. The Kier molecular flexibility index (Phi) is 4.49. The number of hydrogen-bond donors (Lipinski definition) is 1. The Hall–Kier alpha value is -1.37. The Labute approximate surface area is 138 Å². The summed E-state index contributed by atoms with van der Waals surface area (Å²) in [7, 11) is -1.58. The second-order valence-corrected chi connectivity index (χ2v) is 8.08. The molecule has 1 unspecified atom stereocenters. The van der Waals surface area contributed by atoms with Gasteiger partial charge in [-0.1, -0.05) is 25.1 Å². The van der Waals surface area contributed by atoms with Gasteiger partial charge in [-0.25, -0.2) is 8.42 Å². The fourth-order valence-electron chi connectivity index (χ4n) is 3.53. The third-order valence-electron chi connectivity index (χ3n) is 4.79. The average Bonchev–Trinajstić information content (AvgIpc) is 3.13. The molecule has 1 N–H and O–H groups in total. The fourth-order valence-corrected chi connectivity index (χ4v) is 5.72. The standard InChI is InChI=1S/C17H25N3O2S/c1-4-11-20(14-9-10-18-12-14)23(21,22)17-13(2)19(3)16-8-6-5-7-15(16)17/h5-8,14,18H,4,9-12H2,1-3H3. The smallest absolute Gasteiger partial charge is 0.245 e. The first-order valence-electron chi connectivity index (χ1n) is 8.25. The van der Waals surface area contributed by atoms with Crippen molar-refractivity contribution < 1.29 is 8.42 Å². The van der Waals surface area contributed by atoms with E-state index in [0.29, 0.717) is 11.4 Å². The largest absolute Gasteiger partial charge is 0.347 e. The molecule has 1 aromatic carbocycles. The van der Waals surface area contributed by atoms with E-state index in [1.165, 1.54) is 0 Å². The lowest BCUT2D eigenvalue weighted by atomic mass is 10.2. The van der Waals surface area contributed by atoms with Gasteiger partial charge in [0.05, 0.1) is 0 Å². The molecule has 2 aromatic rings. The maximum absolute atomic E-state index is 13.4. The number of hydrogen-bond acceptors (Lipinski definition) is 3. The van der Waals surface area contributed by atoms with Gasteiger partial charge in [-0.05, 0) is 32.4 Å². The highest BCUT2D eigenvalue weighted by atomic mass is 32.2. The van der Waals surface area contributed by atoms with E-state index >= 15 is 0 Å². The predicted molar refractivity (Wildman–Crippen MR) is 93.1 cm³/mol. The molecule has 1 aliphatic rings. The molecule has 1 aromatic heterocycles. The Balaban J connectivity index is 2.16. The third kappa shape index (κ3) is 2.69. The number of fused-ring (bicyclic) bond motifs is 1. The van der Waals surface area contributed by atoms with Crippen molar-refractivity contribution in [3.8, 4) is 0 Å². The van der Waals surface area contributed by atoms with Crippen LogP contribution in [0.25, 0.3) is 10.9 Å². The van der Waals surface area contributed by atoms with Crippen LogP contribution in [-0.2, 0) is 17.1 Å². The second-order valence-electron chi connectivity index (χ2n) is 6.25. The van der Waals surface area contributed by atoms with E-state index in [1.54, 1.807) is 4.31 Å². The van der Waals surface area contributed by atoms with Crippen LogP contribution in [0.4, 0.5) is 0 Å². The molecule has 0 amide bonds. The van der Waals surface area contributed by atoms with Crippen molar-refractivity contribution in [1.82, 2.24) is 14.2 Å². The highest BCUT2D eigenvalue weighted by Gasteiger charge is 2.35. The van der Waals surface area contributed by atoms with Crippen molar-refractivity contribution in [3.05, 3.63) is 30.0 Å². The van der Waals surface area contributed by atoms with E-state index in [2.05, 4.69) is 5.32 Å². The van der Waals surface area contributed by atoms with Gasteiger partial charge in [-0.15, -0.1) is 0 Å². The van der Waals surface area contributed by atoms with Crippen LogP contribution in [0.15, 0.2) is 29.2 Å². The molecular formula is C17H25N3O2S. The molecule has 2 heterocycles. The molecule has 0 aliphatic carbocycles. The SMILES string of the molecule is CCCN(C1CCNC1)S(=O)(=O)c1c(C)n(C)c2ccccc12. The molecule has 3 rings (SSSR count). The number of nitrogens with one attached hydrogen (secondary N) is 1. The van der Waals surface area contributed by atoms with Gasteiger partial charge in [0.1, 0.15) is 4.90 Å². The lowest BCUT2D eigenvalue weighted by molar-refractivity contribution is 0.335. The number of para-hydroxylation sites is 1. The average molecular weight is 335 g/mol. The van der Waals surface area contributed by atoms with Crippen molar-refractivity contribution in [3.63, 3.8) is 0 Å². The van der Waals surface area contributed by atoms with E-state index in [0.717, 1.165) is 42.5 Å². The van der Waals surface area contributed by atoms with Gasteiger partial charge in [0.15, 0.2) is 0 Å². The molecular weight excluding hydrogens is 310 g/mol. The molecule has 1 aliphatic heterocycles. The minimum Gasteiger partial charge on any atom is -0.347 e. The number of benzene rings is 1. The van der Waals surface area contributed by atoms with Crippen LogP contribution in [0.5, 0.6) is 0 Å². The summed E-state index contributed by atoms with van der Waals surface area (Å²) in [5.41, 5.74) is 1.77. The first-order valence-corrected chi connectivity index (χ1v) is 9.69. The molecule has 23 heavy (non-hydrogen) atoms. The van der Waals surface area contributed by atoms with Gasteiger partial charge in [0.25, 0.3) is 0 Å². The molecule has 0 saturated carbocycles. The van der Waals surface area contributed by atoms with Gasteiger partial charge in [0, 0.05) is 42.8 Å². The summed E-state index contributed by atoms with van der Waals surface area (Å²) in [6, 6.07) is 7.79. The summed E-state index contributed by atoms with van der Waals surface area (Å²) in [5.74, 6) is 0.